The first-order chi connectivity index (χ1) is 23.5. The molecule has 49 heavy (non-hydrogen) atoms. The largest absolute Gasteiger partial charge is 0.472 e. The van der Waals surface area contributed by atoms with Crippen molar-refractivity contribution in [2.75, 3.05) is 40.9 Å². The van der Waals surface area contributed by atoms with Crippen LogP contribution in [0.4, 0.5) is 0 Å². The van der Waals surface area contributed by atoms with Gasteiger partial charge in [0.15, 0.2) is 0 Å². The summed E-state index contributed by atoms with van der Waals surface area (Å²) in [5, 5.41) is 13.7. The number of hydrogen-bond acceptors (Lipinski definition) is 5. The number of amides is 1. The third-order valence-electron chi connectivity index (χ3n) is 8.28. The highest BCUT2D eigenvalue weighted by atomic mass is 31.2. The number of carbonyl (C=O) groups is 1. The predicted molar refractivity (Wildman–Crippen MR) is 207 cm³/mol. The molecule has 0 aromatic rings. The van der Waals surface area contributed by atoms with Crippen molar-refractivity contribution in [3.8, 4) is 0 Å². The van der Waals surface area contributed by atoms with Crippen LogP contribution in [0.25, 0.3) is 0 Å². The molecule has 0 saturated carbocycles. The zero-order valence-electron chi connectivity index (χ0n) is 32.2. The van der Waals surface area contributed by atoms with Crippen LogP contribution in [-0.2, 0) is 18.4 Å². The van der Waals surface area contributed by atoms with E-state index in [4.69, 9.17) is 9.05 Å². The summed E-state index contributed by atoms with van der Waals surface area (Å²) in [5.41, 5.74) is 0. The van der Waals surface area contributed by atoms with Crippen molar-refractivity contribution in [1.82, 2.24) is 5.32 Å². The topological polar surface area (TPSA) is 105 Å². The second-order valence-electron chi connectivity index (χ2n) is 14.3. The molecule has 3 atom stereocenters. The number of aliphatic hydroxyl groups is 1. The minimum Gasteiger partial charge on any atom is -0.387 e. The summed E-state index contributed by atoms with van der Waals surface area (Å²) < 4.78 is 23.4. The Hall–Kier alpha value is -1.54. The van der Waals surface area contributed by atoms with E-state index < -0.39 is 20.0 Å². The van der Waals surface area contributed by atoms with Crippen molar-refractivity contribution in [2.24, 2.45) is 0 Å². The van der Waals surface area contributed by atoms with E-state index in [9.17, 15) is 19.4 Å². The molecule has 0 aliphatic heterocycles. The monoisotopic (exact) mass is 712 g/mol. The highest BCUT2D eigenvalue weighted by Crippen LogP contribution is 2.43. The van der Waals surface area contributed by atoms with Crippen molar-refractivity contribution in [1.29, 1.82) is 0 Å². The lowest BCUT2D eigenvalue weighted by atomic mass is 10.1. The van der Waals surface area contributed by atoms with Crippen LogP contribution < -0.4 is 5.32 Å². The SMILES string of the molecule is CCCCCCCC/C=C\C/C=C\CCC(=O)NC(COP(=O)(O)OCC[N+](C)(C)C)C(O)/C=C/CC/C=C/CCCCCCCCCC. The number of nitrogens with zero attached hydrogens (tertiary/aromatic N) is 1. The molecule has 0 spiro atoms. The van der Waals surface area contributed by atoms with Gasteiger partial charge in [-0.2, -0.15) is 0 Å². The molecular weight excluding hydrogens is 635 g/mol. The van der Waals surface area contributed by atoms with Crippen LogP contribution in [0.2, 0.25) is 0 Å². The third-order valence-corrected chi connectivity index (χ3v) is 9.27. The summed E-state index contributed by atoms with van der Waals surface area (Å²) in [5.74, 6) is -0.257. The smallest absolute Gasteiger partial charge is 0.387 e. The second kappa shape index (κ2) is 32.4. The minimum absolute atomic E-state index is 0.0455. The molecule has 286 valence electrons. The first-order valence-corrected chi connectivity index (χ1v) is 21.0. The van der Waals surface area contributed by atoms with E-state index in [1.165, 1.54) is 89.9 Å². The van der Waals surface area contributed by atoms with E-state index in [1.54, 1.807) is 6.08 Å². The molecule has 0 aliphatic carbocycles. The van der Waals surface area contributed by atoms with Crippen LogP contribution >= 0.6 is 7.82 Å². The normalized spacial score (nSPS) is 15.2. The molecule has 0 aromatic heterocycles. The Morgan fingerprint density at radius 3 is 1.76 bits per heavy atom. The van der Waals surface area contributed by atoms with Crippen molar-refractivity contribution < 1.29 is 32.9 Å². The molecule has 1 amide bonds. The maximum atomic E-state index is 12.7. The molecule has 3 unspecified atom stereocenters. The average Bonchev–Trinajstić information content (AvgIpc) is 3.04. The average molecular weight is 712 g/mol. The van der Waals surface area contributed by atoms with Gasteiger partial charge in [0.25, 0.3) is 0 Å². The van der Waals surface area contributed by atoms with Crippen LogP contribution in [-0.4, -0.2) is 73.4 Å². The number of aliphatic hydroxyl groups excluding tert-OH is 1. The lowest BCUT2D eigenvalue weighted by molar-refractivity contribution is -0.870. The van der Waals surface area contributed by atoms with Crippen LogP contribution in [0.15, 0.2) is 48.6 Å². The summed E-state index contributed by atoms with van der Waals surface area (Å²) in [6.45, 7) is 4.70. The zero-order chi connectivity index (χ0) is 36.5. The van der Waals surface area contributed by atoms with Gasteiger partial charge >= 0.3 is 7.82 Å². The number of nitrogens with one attached hydrogen (secondary N) is 1. The highest BCUT2D eigenvalue weighted by molar-refractivity contribution is 7.47. The van der Waals surface area contributed by atoms with E-state index >= 15 is 0 Å². The summed E-state index contributed by atoms with van der Waals surface area (Å²) in [4.78, 5) is 22.9. The van der Waals surface area contributed by atoms with Crippen LogP contribution in [0.5, 0.6) is 0 Å². The zero-order valence-corrected chi connectivity index (χ0v) is 33.1. The van der Waals surface area contributed by atoms with Crippen molar-refractivity contribution in [3.63, 3.8) is 0 Å². The molecular formula is C40H76N2O6P+. The van der Waals surface area contributed by atoms with E-state index in [-0.39, 0.29) is 25.5 Å². The standard InChI is InChI=1S/C40H75N2O6P/c1-6-8-10-12-14-16-18-20-22-23-25-27-29-31-33-39(43)38(37-48-49(45,46)47-36-35-42(3,4)5)41-40(44)34-32-30-28-26-24-21-19-17-15-13-11-9-7-2/h21,23-25,28,30-31,33,38-39,43H,6-20,22,26-27,29,32,34-37H2,1-5H3,(H-,41,44,45,46)/p+1/b24-21-,25-23+,30-28-,33-31+. The highest BCUT2D eigenvalue weighted by Gasteiger charge is 2.27. The Labute approximate surface area is 301 Å². The molecule has 0 saturated heterocycles. The Kier molecular flexibility index (Phi) is 31.4. The van der Waals surface area contributed by atoms with Gasteiger partial charge in [0, 0.05) is 6.42 Å². The van der Waals surface area contributed by atoms with Crippen molar-refractivity contribution in [2.45, 2.75) is 161 Å². The number of likely N-dealkylation sites (N-methyl/N-ethyl adjacent to an activating group) is 1. The number of hydrogen-bond donors (Lipinski definition) is 3. The first kappa shape index (κ1) is 47.5. The molecule has 0 radical (unpaired) electrons. The molecule has 0 aromatic carbocycles. The van der Waals surface area contributed by atoms with Gasteiger partial charge < -0.3 is 19.8 Å². The number of allylic oxidation sites excluding steroid dienone is 7. The molecule has 0 bridgehead atoms. The Morgan fingerprint density at radius 1 is 0.694 bits per heavy atom. The first-order valence-electron chi connectivity index (χ1n) is 19.5. The molecule has 3 N–H and O–H groups in total. The van der Waals surface area contributed by atoms with Crippen LogP contribution in [0, 0.1) is 0 Å². The molecule has 0 fully saturated rings. The van der Waals surface area contributed by atoms with E-state index in [1.807, 2.05) is 33.3 Å². The molecule has 0 rings (SSSR count). The minimum atomic E-state index is -4.35. The number of carbonyl (C=O) groups excluding carboxylic acids is 1. The van der Waals surface area contributed by atoms with E-state index in [2.05, 4.69) is 49.5 Å². The van der Waals surface area contributed by atoms with Gasteiger partial charge in [-0.05, 0) is 51.4 Å². The van der Waals surface area contributed by atoms with Gasteiger partial charge in [-0.25, -0.2) is 4.57 Å². The van der Waals surface area contributed by atoms with Crippen molar-refractivity contribution in [3.05, 3.63) is 48.6 Å². The molecule has 0 aliphatic rings. The predicted octanol–water partition coefficient (Wildman–Crippen LogP) is 10.1. The third kappa shape index (κ3) is 34.7. The van der Waals surface area contributed by atoms with Gasteiger partial charge in [-0.3, -0.25) is 13.8 Å². The molecule has 8 nitrogen and oxygen atoms in total. The van der Waals surface area contributed by atoms with Gasteiger partial charge in [-0.1, -0.05) is 140 Å². The molecule has 9 heteroatoms. The van der Waals surface area contributed by atoms with Crippen LogP contribution in [0.1, 0.15) is 149 Å². The Morgan fingerprint density at radius 2 is 1.18 bits per heavy atom. The van der Waals surface area contributed by atoms with Gasteiger partial charge in [0.2, 0.25) is 5.91 Å². The molecule has 0 heterocycles. The number of rotatable bonds is 34. The summed E-state index contributed by atoms with van der Waals surface area (Å²) >= 11 is 0. The lowest BCUT2D eigenvalue weighted by Gasteiger charge is -2.25. The maximum Gasteiger partial charge on any atom is 0.472 e. The van der Waals surface area contributed by atoms with Crippen LogP contribution in [0.3, 0.4) is 0 Å². The van der Waals surface area contributed by atoms with Gasteiger partial charge in [0.1, 0.15) is 13.2 Å². The number of phosphoric ester groups is 1. The summed E-state index contributed by atoms with van der Waals surface area (Å²) in [6.07, 6.45) is 39.1. The summed E-state index contributed by atoms with van der Waals surface area (Å²) in [7, 11) is 1.51. The second-order valence-corrected chi connectivity index (χ2v) is 15.7. The number of quaternary nitrogens is 1. The Balaban J connectivity index is 4.69. The number of unbranched alkanes of at least 4 members (excludes halogenated alkanes) is 15. The van der Waals surface area contributed by atoms with Crippen molar-refractivity contribution >= 4 is 13.7 Å². The number of phosphoric acid groups is 1. The van der Waals surface area contributed by atoms with E-state index in [0.29, 0.717) is 17.4 Å². The fraction of sp³-hybridized carbons (Fsp3) is 0.775. The lowest BCUT2D eigenvalue weighted by Crippen LogP contribution is -2.45. The quantitative estimate of drug-likeness (QED) is 0.0266. The maximum absolute atomic E-state index is 12.7. The van der Waals surface area contributed by atoms with Gasteiger partial charge in [-0.15, -0.1) is 0 Å². The fourth-order valence-corrected chi connectivity index (χ4v) is 5.84. The Bertz CT molecular complexity index is 944. The fourth-order valence-electron chi connectivity index (χ4n) is 5.10. The summed E-state index contributed by atoms with van der Waals surface area (Å²) in [6, 6.07) is -0.891. The van der Waals surface area contributed by atoms with E-state index in [0.717, 1.165) is 32.1 Å². The van der Waals surface area contributed by atoms with Gasteiger partial charge in [0.05, 0.1) is 39.9 Å².